The molecule has 1 heterocycles. The summed E-state index contributed by atoms with van der Waals surface area (Å²) < 4.78 is 10.6. The maximum Gasteiger partial charge on any atom is 0.255 e. The zero-order valence-electron chi connectivity index (χ0n) is 13.4. The van der Waals surface area contributed by atoms with Gasteiger partial charge in [0.15, 0.2) is 0 Å². The van der Waals surface area contributed by atoms with Crippen molar-refractivity contribution in [3.05, 3.63) is 51.9 Å². The zero-order valence-corrected chi connectivity index (χ0v) is 14.1. The van der Waals surface area contributed by atoms with E-state index in [4.69, 9.17) is 20.8 Å². The molecule has 124 valence electrons. The molecule has 0 aliphatic carbocycles. The van der Waals surface area contributed by atoms with Gasteiger partial charge in [0.05, 0.1) is 18.8 Å². The summed E-state index contributed by atoms with van der Waals surface area (Å²) in [5.74, 6) is 1.60. The summed E-state index contributed by atoms with van der Waals surface area (Å²) in [6.07, 6.45) is -0.303. The van der Waals surface area contributed by atoms with E-state index in [-0.39, 0.29) is 5.91 Å². The zero-order chi connectivity index (χ0) is 17.0. The second-order valence-electron chi connectivity index (χ2n) is 5.27. The predicted octanol–water partition coefficient (Wildman–Crippen LogP) is 3.41. The number of nitrogens with one attached hydrogen (secondary N) is 1. The van der Waals surface area contributed by atoms with E-state index in [9.17, 15) is 9.90 Å². The maximum absolute atomic E-state index is 12.2. The lowest BCUT2D eigenvalue weighted by molar-refractivity contribution is 0.0939. The number of amides is 1. The van der Waals surface area contributed by atoms with Crippen LogP contribution in [-0.2, 0) is 0 Å². The number of methoxy groups -OCH3 is 1. The largest absolute Gasteiger partial charge is 0.496 e. The third-order valence-corrected chi connectivity index (χ3v) is 3.78. The van der Waals surface area contributed by atoms with Crippen molar-refractivity contribution >= 4 is 17.5 Å². The Labute approximate surface area is 140 Å². The first-order valence-electron chi connectivity index (χ1n) is 7.29. The Morgan fingerprint density at radius 3 is 2.74 bits per heavy atom. The van der Waals surface area contributed by atoms with Crippen LogP contribution in [0, 0.1) is 13.8 Å². The minimum atomic E-state index is -0.686. The Balaban J connectivity index is 1.95. The van der Waals surface area contributed by atoms with E-state index < -0.39 is 6.10 Å². The Morgan fingerprint density at radius 2 is 2.13 bits per heavy atom. The van der Waals surface area contributed by atoms with Crippen LogP contribution in [-0.4, -0.2) is 24.7 Å². The highest BCUT2D eigenvalue weighted by molar-refractivity contribution is 6.31. The average molecular weight is 338 g/mol. The molecule has 0 saturated heterocycles. The van der Waals surface area contributed by atoms with Crippen LogP contribution in [0.2, 0.25) is 5.02 Å². The summed E-state index contributed by atoms with van der Waals surface area (Å²) in [4.78, 5) is 12.2. The number of hydrogen-bond acceptors (Lipinski definition) is 4. The van der Waals surface area contributed by atoms with Crippen molar-refractivity contribution < 1.29 is 19.1 Å². The van der Waals surface area contributed by atoms with Crippen molar-refractivity contribution in [1.82, 2.24) is 5.32 Å². The van der Waals surface area contributed by atoms with Crippen LogP contribution in [0.5, 0.6) is 5.75 Å². The number of aliphatic hydroxyl groups is 1. The molecule has 23 heavy (non-hydrogen) atoms. The molecule has 1 amide bonds. The number of rotatable bonds is 6. The molecule has 1 atom stereocenters. The number of aliphatic hydroxyl groups excluding tert-OH is 1. The SMILES string of the molecule is COc1ccc(Cl)cc1C(=O)NCCC(O)c1cc(C)oc1C. The van der Waals surface area contributed by atoms with Gasteiger partial charge < -0.3 is 19.6 Å². The van der Waals surface area contributed by atoms with Crippen LogP contribution in [0.15, 0.2) is 28.7 Å². The van der Waals surface area contributed by atoms with Crippen molar-refractivity contribution in [2.75, 3.05) is 13.7 Å². The number of hydrogen-bond donors (Lipinski definition) is 2. The number of carbonyl (C=O) groups is 1. The molecule has 0 saturated carbocycles. The van der Waals surface area contributed by atoms with Crippen LogP contribution in [0.1, 0.15) is 40.0 Å². The molecule has 1 unspecified atom stereocenters. The summed E-state index contributed by atoms with van der Waals surface area (Å²) in [6.45, 7) is 3.96. The van der Waals surface area contributed by atoms with Gasteiger partial charge in [-0.15, -0.1) is 0 Å². The fourth-order valence-corrected chi connectivity index (χ4v) is 2.58. The van der Waals surface area contributed by atoms with E-state index in [2.05, 4.69) is 5.32 Å². The van der Waals surface area contributed by atoms with Gasteiger partial charge in [0, 0.05) is 17.1 Å². The Kier molecular flexibility index (Phi) is 5.69. The highest BCUT2D eigenvalue weighted by Crippen LogP contribution is 2.24. The molecule has 2 aromatic rings. The van der Waals surface area contributed by atoms with Crippen molar-refractivity contribution in [3.8, 4) is 5.75 Å². The summed E-state index contributed by atoms with van der Waals surface area (Å²) in [6, 6.07) is 6.66. The molecule has 1 aromatic carbocycles. The third-order valence-electron chi connectivity index (χ3n) is 3.55. The number of benzene rings is 1. The molecule has 2 rings (SSSR count). The van der Waals surface area contributed by atoms with E-state index in [0.29, 0.717) is 35.1 Å². The van der Waals surface area contributed by atoms with E-state index in [1.165, 1.54) is 7.11 Å². The maximum atomic E-state index is 12.2. The van der Waals surface area contributed by atoms with Crippen LogP contribution >= 0.6 is 11.6 Å². The molecule has 0 aliphatic rings. The van der Waals surface area contributed by atoms with Gasteiger partial charge in [-0.1, -0.05) is 11.6 Å². The molecule has 0 aliphatic heterocycles. The molecule has 2 N–H and O–H groups in total. The first-order chi connectivity index (χ1) is 10.9. The van der Waals surface area contributed by atoms with Gasteiger partial charge in [-0.05, 0) is 44.5 Å². The molecule has 0 spiro atoms. The number of halogens is 1. The lowest BCUT2D eigenvalue weighted by atomic mass is 10.1. The Bertz CT molecular complexity index is 696. The quantitative estimate of drug-likeness (QED) is 0.847. The van der Waals surface area contributed by atoms with E-state index in [1.807, 2.05) is 13.0 Å². The van der Waals surface area contributed by atoms with Gasteiger partial charge in [0.1, 0.15) is 17.3 Å². The highest BCUT2D eigenvalue weighted by atomic mass is 35.5. The molecular weight excluding hydrogens is 318 g/mol. The van der Waals surface area contributed by atoms with Crippen LogP contribution in [0.25, 0.3) is 0 Å². The Hall–Kier alpha value is -1.98. The Morgan fingerprint density at radius 1 is 1.39 bits per heavy atom. The van der Waals surface area contributed by atoms with Crippen molar-refractivity contribution in [2.45, 2.75) is 26.4 Å². The van der Waals surface area contributed by atoms with Crippen LogP contribution in [0.4, 0.5) is 0 Å². The van der Waals surface area contributed by atoms with E-state index in [0.717, 1.165) is 11.3 Å². The summed E-state index contributed by atoms with van der Waals surface area (Å²) in [7, 11) is 1.49. The van der Waals surface area contributed by atoms with E-state index >= 15 is 0 Å². The van der Waals surface area contributed by atoms with Gasteiger partial charge in [-0.25, -0.2) is 0 Å². The fraction of sp³-hybridized carbons (Fsp3) is 0.353. The molecule has 0 fully saturated rings. The summed E-state index contributed by atoms with van der Waals surface area (Å²) >= 11 is 5.92. The van der Waals surface area contributed by atoms with Gasteiger partial charge in [-0.3, -0.25) is 4.79 Å². The predicted molar refractivity (Wildman–Crippen MR) is 88.1 cm³/mol. The van der Waals surface area contributed by atoms with E-state index in [1.54, 1.807) is 25.1 Å². The molecular formula is C17H20ClNO4. The molecule has 0 bridgehead atoms. The average Bonchev–Trinajstić information content (AvgIpc) is 2.85. The van der Waals surface area contributed by atoms with Gasteiger partial charge in [-0.2, -0.15) is 0 Å². The van der Waals surface area contributed by atoms with Gasteiger partial charge in [0.25, 0.3) is 5.91 Å². The highest BCUT2D eigenvalue weighted by Gasteiger charge is 2.16. The monoisotopic (exact) mass is 337 g/mol. The molecule has 5 nitrogen and oxygen atoms in total. The normalized spacial score (nSPS) is 12.0. The minimum absolute atomic E-state index is 0.295. The van der Waals surface area contributed by atoms with Crippen LogP contribution in [0.3, 0.4) is 0 Å². The fourth-order valence-electron chi connectivity index (χ4n) is 2.41. The first-order valence-corrected chi connectivity index (χ1v) is 7.67. The van der Waals surface area contributed by atoms with Crippen molar-refractivity contribution in [2.24, 2.45) is 0 Å². The lowest BCUT2D eigenvalue weighted by Crippen LogP contribution is -2.26. The first kappa shape index (κ1) is 17.4. The second kappa shape index (κ2) is 7.53. The molecule has 0 radical (unpaired) electrons. The van der Waals surface area contributed by atoms with Gasteiger partial charge >= 0.3 is 0 Å². The smallest absolute Gasteiger partial charge is 0.255 e. The van der Waals surface area contributed by atoms with Crippen molar-refractivity contribution in [3.63, 3.8) is 0 Å². The number of ether oxygens (including phenoxy) is 1. The lowest BCUT2D eigenvalue weighted by Gasteiger charge is -2.12. The minimum Gasteiger partial charge on any atom is -0.496 e. The molecule has 6 heteroatoms. The summed E-state index contributed by atoms with van der Waals surface area (Å²) in [5, 5.41) is 13.4. The number of furan rings is 1. The second-order valence-corrected chi connectivity index (χ2v) is 5.71. The summed E-state index contributed by atoms with van der Waals surface area (Å²) in [5.41, 5.74) is 1.11. The number of aryl methyl sites for hydroxylation is 2. The molecule has 1 aromatic heterocycles. The topological polar surface area (TPSA) is 71.7 Å². The standard InChI is InChI=1S/C17H20ClNO4/c1-10-8-13(11(2)23-10)15(20)6-7-19-17(21)14-9-12(18)4-5-16(14)22-3/h4-5,8-9,15,20H,6-7H2,1-3H3,(H,19,21). The van der Waals surface area contributed by atoms with Crippen molar-refractivity contribution in [1.29, 1.82) is 0 Å². The van der Waals surface area contributed by atoms with Gasteiger partial charge in [0.2, 0.25) is 0 Å². The van der Waals surface area contributed by atoms with Crippen LogP contribution < -0.4 is 10.1 Å². The third kappa shape index (κ3) is 4.27. The number of carbonyl (C=O) groups excluding carboxylic acids is 1.